The molecule has 0 saturated heterocycles. The van der Waals surface area contributed by atoms with Crippen molar-refractivity contribution in [2.24, 2.45) is 0 Å². The molecule has 3 aromatic rings. The van der Waals surface area contributed by atoms with Gasteiger partial charge in [0, 0.05) is 17.0 Å². The lowest BCUT2D eigenvalue weighted by molar-refractivity contribution is 0.317. The fourth-order valence-electron chi connectivity index (χ4n) is 3.95. The van der Waals surface area contributed by atoms with E-state index in [9.17, 15) is 0 Å². The van der Waals surface area contributed by atoms with Crippen molar-refractivity contribution in [3.8, 4) is 34.0 Å². The van der Waals surface area contributed by atoms with Crippen LogP contribution in [0, 0.1) is 0 Å². The van der Waals surface area contributed by atoms with E-state index in [1.54, 1.807) is 0 Å². The molecular formula is C26H31N3O2. The number of ether oxygens (including phenoxy) is 2. The van der Waals surface area contributed by atoms with E-state index >= 15 is 0 Å². The van der Waals surface area contributed by atoms with Crippen LogP contribution in [0.3, 0.4) is 0 Å². The van der Waals surface area contributed by atoms with E-state index < -0.39 is 0 Å². The molecule has 0 bridgehead atoms. The SMILES string of the molecule is CCCOc1ccc(-c2nnc(C3CCCC3)nc2-c2ccc(OCCC)cc2)cc1. The average molecular weight is 418 g/mol. The Hall–Kier alpha value is -2.95. The van der Waals surface area contributed by atoms with Gasteiger partial charge < -0.3 is 9.47 Å². The first-order valence-electron chi connectivity index (χ1n) is 11.5. The van der Waals surface area contributed by atoms with E-state index in [2.05, 4.69) is 36.2 Å². The largest absolute Gasteiger partial charge is 0.494 e. The number of nitrogens with zero attached hydrogens (tertiary/aromatic N) is 3. The summed E-state index contributed by atoms with van der Waals surface area (Å²) in [5, 5.41) is 9.19. The van der Waals surface area contributed by atoms with Gasteiger partial charge in [-0.1, -0.05) is 26.7 Å². The summed E-state index contributed by atoms with van der Waals surface area (Å²) in [4.78, 5) is 5.02. The van der Waals surface area contributed by atoms with E-state index in [1.165, 1.54) is 12.8 Å². The fraction of sp³-hybridized carbons (Fsp3) is 0.423. The molecule has 1 aromatic heterocycles. The Morgan fingerprint density at radius 1 is 0.710 bits per heavy atom. The molecule has 1 aliphatic carbocycles. The minimum atomic E-state index is 0.414. The van der Waals surface area contributed by atoms with Crippen molar-refractivity contribution in [1.82, 2.24) is 15.2 Å². The number of benzene rings is 2. The van der Waals surface area contributed by atoms with Crippen molar-refractivity contribution in [2.75, 3.05) is 13.2 Å². The third kappa shape index (κ3) is 5.22. The van der Waals surface area contributed by atoms with Crippen molar-refractivity contribution in [1.29, 1.82) is 0 Å². The minimum absolute atomic E-state index is 0.414. The molecule has 0 amide bonds. The summed E-state index contributed by atoms with van der Waals surface area (Å²) in [6.45, 7) is 5.65. The van der Waals surface area contributed by atoms with E-state index in [-0.39, 0.29) is 0 Å². The molecule has 1 saturated carbocycles. The van der Waals surface area contributed by atoms with Crippen LogP contribution in [0.2, 0.25) is 0 Å². The van der Waals surface area contributed by atoms with Crippen LogP contribution in [-0.4, -0.2) is 28.4 Å². The molecule has 2 aromatic carbocycles. The maximum Gasteiger partial charge on any atom is 0.154 e. The quantitative estimate of drug-likeness (QED) is 0.401. The first-order chi connectivity index (χ1) is 15.3. The third-order valence-electron chi connectivity index (χ3n) is 5.62. The summed E-state index contributed by atoms with van der Waals surface area (Å²) < 4.78 is 11.5. The van der Waals surface area contributed by atoms with E-state index in [4.69, 9.17) is 14.5 Å². The van der Waals surface area contributed by atoms with Gasteiger partial charge in [-0.3, -0.25) is 0 Å². The molecule has 0 radical (unpaired) electrons. The van der Waals surface area contributed by atoms with Crippen LogP contribution in [0.4, 0.5) is 0 Å². The highest BCUT2D eigenvalue weighted by Crippen LogP contribution is 2.35. The lowest BCUT2D eigenvalue weighted by atomic mass is 10.0. The second kappa shape index (κ2) is 10.4. The standard InChI is InChI=1S/C26H31N3O2/c1-3-17-30-22-13-9-19(10-14-22)24-25(20-11-15-23(16-12-20)31-18-4-2)28-29-26(27-24)21-7-5-6-8-21/h9-16,21H,3-8,17-18H2,1-2H3. The van der Waals surface area contributed by atoms with Gasteiger partial charge >= 0.3 is 0 Å². The smallest absolute Gasteiger partial charge is 0.154 e. The number of hydrogen-bond acceptors (Lipinski definition) is 5. The summed E-state index contributed by atoms with van der Waals surface area (Å²) >= 11 is 0. The first-order valence-corrected chi connectivity index (χ1v) is 11.5. The molecule has 0 atom stereocenters. The molecule has 4 rings (SSSR count). The molecule has 162 valence electrons. The topological polar surface area (TPSA) is 57.1 Å². The van der Waals surface area contributed by atoms with Gasteiger partial charge in [-0.25, -0.2) is 4.98 Å². The zero-order chi connectivity index (χ0) is 21.5. The van der Waals surface area contributed by atoms with Crippen LogP contribution in [0.15, 0.2) is 48.5 Å². The van der Waals surface area contributed by atoms with Crippen LogP contribution in [-0.2, 0) is 0 Å². The maximum absolute atomic E-state index is 5.75. The normalized spacial score (nSPS) is 14.0. The van der Waals surface area contributed by atoms with Crippen molar-refractivity contribution in [3.63, 3.8) is 0 Å². The van der Waals surface area contributed by atoms with Gasteiger partial charge in [0.15, 0.2) is 5.82 Å². The van der Waals surface area contributed by atoms with Crippen LogP contribution in [0.5, 0.6) is 11.5 Å². The highest BCUT2D eigenvalue weighted by Gasteiger charge is 2.23. The van der Waals surface area contributed by atoms with Crippen LogP contribution < -0.4 is 9.47 Å². The molecule has 1 fully saturated rings. The maximum atomic E-state index is 5.75. The van der Waals surface area contributed by atoms with E-state index in [0.29, 0.717) is 12.5 Å². The van der Waals surface area contributed by atoms with Gasteiger partial charge in [-0.2, -0.15) is 0 Å². The van der Waals surface area contributed by atoms with Crippen molar-refractivity contribution >= 4 is 0 Å². The van der Waals surface area contributed by atoms with Gasteiger partial charge in [0.05, 0.1) is 13.2 Å². The Kier molecular flexibility index (Phi) is 7.13. The van der Waals surface area contributed by atoms with Crippen molar-refractivity contribution in [3.05, 3.63) is 54.4 Å². The Morgan fingerprint density at radius 3 is 1.74 bits per heavy atom. The Bertz CT molecular complexity index is 965. The second-order valence-corrected chi connectivity index (χ2v) is 8.09. The Balaban J connectivity index is 1.68. The molecule has 1 aliphatic rings. The molecule has 5 heteroatoms. The van der Waals surface area contributed by atoms with E-state index in [1.807, 2.05) is 36.4 Å². The molecule has 31 heavy (non-hydrogen) atoms. The minimum Gasteiger partial charge on any atom is -0.494 e. The summed E-state index contributed by atoms with van der Waals surface area (Å²) in [6, 6.07) is 16.2. The summed E-state index contributed by atoms with van der Waals surface area (Å²) in [6.07, 6.45) is 6.76. The lowest BCUT2D eigenvalue weighted by Gasteiger charge is -2.13. The van der Waals surface area contributed by atoms with Crippen LogP contribution >= 0.6 is 0 Å². The van der Waals surface area contributed by atoms with Crippen LogP contribution in [0.25, 0.3) is 22.5 Å². The van der Waals surface area contributed by atoms with Gasteiger partial charge in [0.1, 0.15) is 22.9 Å². The summed E-state index contributed by atoms with van der Waals surface area (Å²) in [7, 11) is 0. The second-order valence-electron chi connectivity index (χ2n) is 8.09. The van der Waals surface area contributed by atoms with Crippen LogP contribution in [0.1, 0.15) is 64.1 Å². The zero-order valence-corrected chi connectivity index (χ0v) is 18.5. The zero-order valence-electron chi connectivity index (χ0n) is 18.5. The Morgan fingerprint density at radius 2 is 1.23 bits per heavy atom. The highest BCUT2D eigenvalue weighted by atomic mass is 16.5. The molecule has 5 nitrogen and oxygen atoms in total. The summed E-state index contributed by atoms with van der Waals surface area (Å²) in [5.41, 5.74) is 3.69. The lowest BCUT2D eigenvalue weighted by Crippen LogP contribution is -2.06. The van der Waals surface area contributed by atoms with Crippen molar-refractivity contribution in [2.45, 2.75) is 58.3 Å². The average Bonchev–Trinajstić information content (AvgIpc) is 3.37. The van der Waals surface area contributed by atoms with Gasteiger partial charge in [-0.05, 0) is 74.2 Å². The highest BCUT2D eigenvalue weighted by molar-refractivity contribution is 5.78. The summed E-state index contributed by atoms with van der Waals surface area (Å²) in [5.74, 6) is 3.03. The number of hydrogen-bond donors (Lipinski definition) is 0. The molecule has 0 aliphatic heterocycles. The van der Waals surface area contributed by atoms with Gasteiger partial charge in [0.25, 0.3) is 0 Å². The van der Waals surface area contributed by atoms with E-state index in [0.717, 1.165) is 72.1 Å². The monoisotopic (exact) mass is 417 g/mol. The van der Waals surface area contributed by atoms with Gasteiger partial charge in [0.2, 0.25) is 0 Å². The molecular weight excluding hydrogens is 386 g/mol. The predicted octanol–water partition coefficient (Wildman–Crippen LogP) is 6.44. The van der Waals surface area contributed by atoms with Crippen molar-refractivity contribution < 1.29 is 9.47 Å². The molecule has 0 spiro atoms. The first kappa shape index (κ1) is 21.3. The Labute approximate surface area is 184 Å². The predicted molar refractivity (Wildman–Crippen MR) is 123 cm³/mol. The number of aromatic nitrogens is 3. The van der Waals surface area contributed by atoms with Gasteiger partial charge in [-0.15, -0.1) is 10.2 Å². The molecule has 0 N–H and O–H groups in total. The number of rotatable bonds is 9. The molecule has 0 unspecified atom stereocenters. The fourth-order valence-corrected chi connectivity index (χ4v) is 3.95. The third-order valence-corrected chi connectivity index (χ3v) is 5.62. The molecule has 1 heterocycles.